The lowest BCUT2D eigenvalue weighted by Crippen LogP contribution is -2.10. The second-order valence-corrected chi connectivity index (χ2v) is 8.38. The summed E-state index contributed by atoms with van der Waals surface area (Å²) in [4.78, 5) is 12.4. The van der Waals surface area contributed by atoms with Crippen LogP contribution < -0.4 is 4.74 Å². The molecular formula is C31H50O9. The summed E-state index contributed by atoms with van der Waals surface area (Å²) in [5, 5.41) is 0. The number of aryl methyl sites for hydroxylation is 1. The van der Waals surface area contributed by atoms with Gasteiger partial charge in [-0.3, -0.25) is 4.79 Å². The molecule has 0 radical (unpaired) electrons. The fraction of sp³-hybridized carbons (Fsp3) is 0.581. The summed E-state index contributed by atoms with van der Waals surface area (Å²) in [5.74, 6) is 0.736. The Morgan fingerprint density at radius 2 is 0.900 bits per heavy atom. The van der Waals surface area contributed by atoms with Gasteiger partial charge in [0.2, 0.25) is 0 Å². The molecule has 0 saturated carbocycles. The number of hydrogen-bond donors (Lipinski definition) is 0. The Labute approximate surface area is 241 Å². The average Bonchev–Trinajstić information content (AvgIpc) is 2.98. The van der Waals surface area contributed by atoms with Gasteiger partial charge >= 0.3 is 0 Å². The zero-order valence-electron chi connectivity index (χ0n) is 25.3. The number of methoxy groups -OCH3 is 4. The molecule has 2 rings (SSSR count). The zero-order chi connectivity index (χ0) is 29.7. The average molecular weight is 567 g/mol. The van der Waals surface area contributed by atoms with Gasteiger partial charge in [-0.1, -0.05) is 36.8 Å². The van der Waals surface area contributed by atoms with Crippen LogP contribution in [0.1, 0.15) is 34.8 Å². The van der Waals surface area contributed by atoms with Crippen LogP contribution in [0.15, 0.2) is 48.5 Å². The van der Waals surface area contributed by atoms with E-state index in [4.69, 9.17) is 37.9 Å². The molecule has 9 nitrogen and oxygen atoms in total. The molecule has 9 heteroatoms. The zero-order valence-corrected chi connectivity index (χ0v) is 25.3. The highest BCUT2D eigenvalue weighted by atomic mass is 16.5. The van der Waals surface area contributed by atoms with E-state index in [1.165, 1.54) is 0 Å². The van der Waals surface area contributed by atoms with E-state index in [1.54, 1.807) is 52.7 Å². The first kappa shape index (κ1) is 37.6. The Bertz CT molecular complexity index is 799. The molecule has 0 unspecified atom stereocenters. The van der Waals surface area contributed by atoms with Gasteiger partial charge in [0.05, 0.1) is 59.5 Å². The first-order valence-electron chi connectivity index (χ1n) is 13.6. The molecule has 0 aliphatic heterocycles. The molecule has 0 saturated heterocycles. The van der Waals surface area contributed by atoms with Crippen molar-refractivity contribution in [3.8, 4) is 5.75 Å². The molecule has 0 aliphatic rings. The molecule has 0 heterocycles. The molecular weight excluding hydrogens is 516 g/mol. The van der Waals surface area contributed by atoms with Gasteiger partial charge < -0.3 is 37.9 Å². The molecule has 228 valence electrons. The van der Waals surface area contributed by atoms with E-state index in [0.29, 0.717) is 70.6 Å². The van der Waals surface area contributed by atoms with Crippen LogP contribution in [0.25, 0.3) is 0 Å². The number of carbonyl (C=O) groups excluding carboxylic acids is 1. The van der Waals surface area contributed by atoms with E-state index < -0.39 is 0 Å². The van der Waals surface area contributed by atoms with Crippen LogP contribution in [0.4, 0.5) is 0 Å². The van der Waals surface area contributed by atoms with E-state index in [0.717, 1.165) is 30.9 Å². The van der Waals surface area contributed by atoms with Gasteiger partial charge in [-0.25, -0.2) is 0 Å². The highest BCUT2D eigenvalue weighted by molar-refractivity contribution is 6.09. The van der Waals surface area contributed by atoms with Gasteiger partial charge in [0, 0.05) is 46.2 Å². The van der Waals surface area contributed by atoms with Crippen molar-refractivity contribution in [3.05, 3.63) is 65.2 Å². The molecule has 0 spiro atoms. The lowest BCUT2D eigenvalue weighted by molar-refractivity contribution is 0.0385. The van der Waals surface area contributed by atoms with Gasteiger partial charge in [0.1, 0.15) is 12.4 Å². The summed E-state index contributed by atoms with van der Waals surface area (Å²) >= 11 is 0. The predicted octanol–water partition coefficient (Wildman–Crippen LogP) is 4.62. The Balaban J connectivity index is 0.000000737. The number of ether oxygens (including phenoxy) is 8. The largest absolute Gasteiger partial charge is 0.491 e. The standard InChI is InChI=1S/C19H22O4.C6H14O3.C6H14O2/c1-15-3-5-16(6-4-15)19(20)17-7-9-18(10-8-17)23-14-13-22-12-11-21-2;1-7-3-5-9-6-4-8-2;1-3-4-8-6-5-7-2/h3-10H,11-14H2,1-2H3;3-6H2,1-2H3;3-6H2,1-2H3. The summed E-state index contributed by atoms with van der Waals surface area (Å²) in [6.07, 6.45) is 1.09. The maximum Gasteiger partial charge on any atom is 0.193 e. The van der Waals surface area contributed by atoms with Crippen LogP contribution in [-0.2, 0) is 33.2 Å². The Hall–Kier alpha value is -2.37. The van der Waals surface area contributed by atoms with Crippen LogP contribution in [0.5, 0.6) is 5.75 Å². The highest BCUT2D eigenvalue weighted by Gasteiger charge is 2.08. The van der Waals surface area contributed by atoms with Gasteiger partial charge in [-0.15, -0.1) is 0 Å². The summed E-state index contributed by atoms with van der Waals surface area (Å²) in [6, 6.07) is 14.7. The maximum absolute atomic E-state index is 12.4. The number of carbonyl (C=O) groups is 1. The van der Waals surface area contributed by atoms with Crippen LogP contribution in [0.2, 0.25) is 0 Å². The van der Waals surface area contributed by atoms with Crippen molar-refractivity contribution in [2.24, 2.45) is 0 Å². The lowest BCUT2D eigenvalue weighted by Gasteiger charge is -2.08. The summed E-state index contributed by atoms with van der Waals surface area (Å²) in [5.41, 5.74) is 2.48. The molecule has 0 amide bonds. The van der Waals surface area contributed by atoms with Crippen molar-refractivity contribution in [3.63, 3.8) is 0 Å². The summed E-state index contributed by atoms with van der Waals surface area (Å²) in [6.45, 7) is 11.1. The van der Waals surface area contributed by atoms with E-state index in [2.05, 4.69) is 6.92 Å². The SMILES string of the molecule is CCCOCCOC.COCCOCCOC.COCCOCCOc1ccc(C(=O)c2ccc(C)cc2)cc1. The van der Waals surface area contributed by atoms with E-state index in [-0.39, 0.29) is 5.78 Å². The monoisotopic (exact) mass is 566 g/mol. The summed E-state index contributed by atoms with van der Waals surface area (Å²) in [7, 11) is 6.62. The van der Waals surface area contributed by atoms with Crippen LogP contribution in [-0.4, -0.2) is 107 Å². The van der Waals surface area contributed by atoms with Gasteiger partial charge in [0.25, 0.3) is 0 Å². The van der Waals surface area contributed by atoms with Crippen molar-refractivity contribution in [1.29, 1.82) is 0 Å². The topological polar surface area (TPSA) is 90.9 Å². The van der Waals surface area contributed by atoms with E-state index in [9.17, 15) is 4.79 Å². The molecule has 2 aromatic rings. The number of benzene rings is 2. The second-order valence-electron chi connectivity index (χ2n) is 8.38. The van der Waals surface area contributed by atoms with Crippen molar-refractivity contribution in [1.82, 2.24) is 0 Å². The highest BCUT2D eigenvalue weighted by Crippen LogP contribution is 2.16. The van der Waals surface area contributed by atoms with Crippen molar-refractivity contribution in [2.75, 3.05) is 101 Å². The lowest BCUT2D eigenvalue weighted by atomic mass is 10.0. The summed E-state index contributed by atoms with van der Waals surface area (Å²) < 4.78 is 40.2. The minimum atomic E-state index is 0.0134. The third-order valence-electron chi connectivity index (χ3n) is 5.00. The molecule has 2 aromatic carbocycles. The molecule has 0 N–H and O–H groups in total. The fourth-order valence-corrected chi connectivity index (χ4v) is 2.81. The molecule has 0 aliphatic carbocycles. The second kappa shape index (κ2) is 28.2. The number of hydrogen-bond acceptors (Lipinski definition) is 9. The van der Waals surface area contributed by atoms with Crippen LogP contribution in [0.3, 0.4) is 0 Å². The third kappa shape index (κ3) is 21.5. The number of rotatable bonds is 20. The molecule has 0 fully saturated rings. The van der Waals surface area contributed by atoms with Crippen LogP contribution in [0, 0.1) is 6.92 Å². The third-order valence-corrected chi connectivity index (χ3v) is 5.00. The minimum absolute atomic E-state index is 0.0134. The Kier molecular flexibility index (Phi) is 26.5. The molecule has 0 aromatic heterocycles. The maximum atomic E-state index is 12.4. The molecule has 0 bridgehead atoms. The van der Waals surface area contributed by atoms with Gasteiger partial charge in [-0.2, -0.15) is 0 Å². The van der Waals surface area contributed by atoms with Gasteiger partial charge in [-0.05, 0) is 37.6 Å². The van der Waals surface area contributed by atoms with E-state index >= 15 is 0 Å². The molecule has 0 atom stereocenters. The normalized spacial score (nSPS) is 10.2. The quantitative estimate of drug-likeness (QED) is 0.168. The van der Waals surface area contributed by atoms with Gasteiger partial charge in [0.15, 0.2) is 5.78 Å². The van der Waals surface area contributed by atoms with Crippen molar-refractivity contribution >= 4 is 5.78 Å². The fourth-order valence-electron chi connectivity index (χ4n) is 2.81. The molecule has 40 heavy (non-hydrogen) atoms. The Morgan fingerprint density at radius 3 is 1.30 bits per heavy atom. The predicted molar refractivity (Wildman–Crippen MR) is 157 cm³/mol. The van der Waals surface area contributed by atoms with Crippen molar-refractivity contribution in [2.45, 2.75) is 20.3 Å². The van der Waals surface area contributed by atoms with Crippen molar-refractivity contribution < 1.29 is 42.7 Å². The number of ketones is 1. The van der Waals surface area contributed by atoms with E-state index in [1.807, 2.05) is 31.2 Å². The first-order valence-corrected chi connectivity index (χ1v) is 13.6. The smallest absolute Gasteiger partial charge is 0.193 e. The van der Waals surface area contributed by atoms with Crippen LogP contribution >= 0.6 is 0 Å². The Morgan fingerprint density at radius 1 is 0.525 bits per heavy atom. The minimum Gasteiger partial charge on any atom is -0.491 e. The first-order chi connectivity index (χ1) is 19.5.